The fraction of sp³-hybridized carbons (Fsp3) is 0.520. The molecule has 3 heteroatoms. The molecule has 0 heterocycles. The van der Waals surface area contributed by atoms with Gasteiger partial charge in [-0.3, -0.25) is 4.90 Å². The monoisotopic (exact) mass is 505 g/mol. The number of alkyl halides is 2. The van der Waals surface area contributed by atoms with Crippen LogP contribution in [0.3, 0.4) is 0 Å². The van der Waals surface area contributed by atoms with Crippen molar-refractivity contribution in [3.05, 3.63) is 71.3 Å². The minimum atomic E-state index is 0.570. The maximum Gasteiger partial charge on any atom is 0.0236 e. The summed E-state index contributed by atoms with van der Waals surface area (Å²) in [5, 5.41) is 0. The molecule has 0 aromatic heterocycles. The molecular formula is C25H33Br2N. The van der Waals surface area contributed by atoms with Gasteiger partial charge in [0.1, 0.15) is 0 Å². The molecule has 152 valence electrons. The molecular weight excluding hydrogens is 474 g/mol. The van der Waals surface area contributed by atoms with Gasteiger partial charge in [-0.2, -0.15) is 0 Å². The number of rotatable bonds is 8. The van der Waals surface area contributed by atoms with Crippen LogP contribution in [0.2, 0.25) is 0 Å². The van der Waals surface area contributed by atoms with Crippen molar-refractivity contribution in [2.45, 2.75) is 74.1 Å². The van der Waals surface area contributed by atoms with E-state index in [4.69, 9.17) is 0 Å². The molecule has 0 bridgehead atoms. The molecule has 1 aliphatic rings. The maximum absolute atomic E-state index is 3.91. The first-order chi connectivity index (χ1) is 13.5. The fourth-order valence-corrected chi connectivity index (χ4v) is 6.65. The summed E-state index contributed by atoms with van der Waals surface area (Å²) in [4.78, 5) is 3.76. The highest BCUT2D eigenvalue weighted by atomic mass is 79.9. The summed E-state index contributed by atoms with van der Waals surface area (Å²) in [6, 6.07) is 20.8. The summed E-state index contributed by atoms with van der Waals surface area (Å²) in [6.45, 7) is 6.78. The molecule has 2 atom stereocenters. The fourth-order valence-electron chi connectivity index (χ4n) is 4.24. The Kier molecular flexibility index (Phi) is 8.62. The first kappa shape index (κ1) is 22.1. The third-order valence-corrected chi connectivity index (χ3v) is 8.03. The molecule has 2 aromatic rings. The van der Waals surface area contributed by atoms with E-state index in [2.05, 4.69) is 105 Å². The molecule has 1 saturated carbocycles. The molecule has 1 nitrogen and oxygen atoms in total. The van der Waals surface area contributed by atoms with Gasteiger partial charge in [-0.05, 0) is 62.8 Å². The van der Waals surface area contributed by atoms with E-state index >= 15 is 0 Å². The summed E-state index contributed by atoms with van der Waals surface area (Å²) < 4.78 is 0. The minimum Gasteiger partial charge on any atom is -0.297 e. The molecule has 0 saturated heterocycles. The SMILES string of the molecule is CC(C)N(CCCc1ccc(C2C(Br)CCCC2Br)cc1)Cc1ccccc1. The van der Waals surface area contributed by atoms with Gasteiger partial charge in [0.2, 0.25) is 0 Å². The van der Waals surface area contributed by atoms with Crippen molar-refractivity contribution in [2.24, 2.45) is 0 Å². The molecule has 0 amide bonds. The number of nitrogens with zero attached hydrogens (tertiary/aromatic N) is 1. The molecule has 0 aliphatic heterocycles. The lowest BCUT2D eigenvalue weighted by molar-refractivity contribution is 0.210. The number of halogens is 2. The molecule has 28 heavy (non-hydrogen) atoms. The average Bonchev–Trinajstić information content (AvgIpc) is 2.69. The topological polar surface area (TPSA) is 3.24 Å². The van der Waals surface area contributed by atoms with Gasteiger partial charge in [0.15, 0.2) is 0 Å². The van der Waals surface area contributed by atoms with E-state index in [1.807, 2.05) is 0 Å². The Morgan fingerprint density at radius 1 is 0.893 bits per heavy atom. The Labute approximate surface area is 188 Å². The first-order valence-electron chi connectivity index (χ1n) is 10.7. The predicted octanol–water partition coefficient (Wildman–Crippen LogP) is 7.32. The Morgan fingerprint density at radius 3 is 2.14 bits per heavy atom. The lowest BCUT2D eigenvalue weighted by Gasteiger charge is -2.32. The van der Waals surface area contributed by atoms with Crippen LogP contribution in [0, 0.1) is 0 Å². The van der Waals surface area contributed by atoms with Crippen molar-refractivity contribution < 1.29 is 0 Å². The van der Waals surface area contributed by atoms with Crippen LogP contribution in [0.15, 0.2) is 54.6 Å². The Morgan fingerprint density at radius 2 is 1.54 bits per heavy atom. The van der Waals surface area contributed by atoms with E-state index in [-0.39, 0.29) is 0 Å². The van der Waals surface area contributed by atoms with Crippen molar-refractivity contribution in [3.63, 3.8) is 0 Å². The second-order valence-electron chi connectivity index (χ2n) is 8.38. The summed E-state index contributed by atoms with van der Waals surface area (Å²) in [5.74, 6) is 0.588. The quantitative estimate of drug-likeness (QED) is 0.339. The van der Waals surface area contributed by atoms with Crippen LogP contribution < -0.4 is 0 Å². The van der Waals surface area contributed by atoms with Crippen molar-refractivity contribution in [3.8, 4) is 0 Å². The van der Waals surface area contributed by atoms with E-state index in [0.717, 1.165) is 19.5 Å². The van der Waals surface area contributed by atoms with Gasteiger partial charge in [-0.25, -0.2) is 0 Å². The van der Waals surface area contributed by atoms with Gasteiger partial charge < -0.3 is 0 Å². The standard InChI is InChI=1S/C25H33Br2N/c1-19(2)28(18-21-8-4-3-5-9-21)17-7-10-20-13-15-22(16-14-20)25-23(26)11-6-12-24(25)27/h3-5,8-9,13-16,19,23-25H,6-7,10-12,17-18H2,1-2H3. The molecule has 1 aliphatic carbocycles. The molecule has 3 rings (SSSR count). The molecule has 2 aromatic carbocycles. The van der Waals surface area contributed by atoms with Gasteiger partial charge in [0.05, 0.1) is 0 Å². The molecule has 1 fully saturated rings. The lowest BCUT2D eigenvalue weighted by atomic mass is 9.83. The third kappa shape index (κ3) is 6.18. The smallest absolute Gasteiger partial charge is 0.0236 e. The van der Waals surface area contributed by atoms with E-state index in [9.17, 15) is 0 Å². The van der Waals surface area contributed by atoms with Crippen LogP contribution in [0.1, 0.15) is 62.1 Å². The average molecular weight is 507 g/mol. The number of hydrogen-bond donors (Lipinski definition) is 0. The van der Waals surface area contributed by atoms with Gasteiger partial charge in [-0.1, -0.05) is 92.9 Å². The highest BCUT2D eigenvalue weighted by Crippen LogP contribution is 2.41. The van der Waals surface area contributed by atoms with E-state index in [1.165, 1.54) is 42.4 Å². The van der Waals surface area contributed by atoms with Crippen LogP contribution in [-0.4, -0.2) is 27.1 Å². The zero-order chi connectivity index (χ0) is 19.9. The highest BCUT2D eigenvalue weighted by Gasteiger charge is 2.31. The molecule has 0 N–H and O–H groups in total. The summed E-state index contributed by atoms with van der Waals surface area (Å²) in [7, 11) is 0. The third-order valence-electron chi connectivity index (χ3n) is 5.97. The number of hydrogen-bond acceptors (Lipinski definition) is 1. The van der Waals surface area contributed by atoms with E-state index < -0.39 is 0 Å². The largest absolute Gasteiger partial charge is 0.297 e. The highest BCUT2D eigenvalue weighted by molar-refractivity contribution is 9.10. The molecule has 0 spiro atoms. The van der Waals surface area contributed by atoms with Crippen molar-refractivity contribution in [1.82, 2.24) is 4.90 Å². The number of aryl methyl sites for hydroxylation is 1. The zero-order valence-electron chi connectivity index (χ0n) is 17.2. The van der Waals surface area contributed by atoms with Gasteiger partial charge in [-0.15, -0.1) is 0 Å². The van der Waals surface area contributed by atoms with Crippen LogP contribution in [0.25, 0.3) is 0 Å². The van der Waals surface area contributed by atoms with Crippen LogP contribution >= 0.6 is 31.9 Å². The maximum atomic E-state index is 3.91. The van der Waals surface area contributed by atoms with Crippen molar-refractivity contribution in [2.75, 3.05) is 6.54 Å². The van der Waals surface area contributed by atoms with Crippen LogP contribution in [-0.2, 0) is 13.0 Å². The van der Waals surface area contributed by atoms with Crippen LogP contribution in [0.5, 0.6) is 0 Å². The van der Waals surface area contributed by atoms with Crippen molar-refractivity contribution in [1.29, 1.82) is 0 Å². The zero-order valence-corrected chi connectivity index (χ0v) is 20.3. The summed E-state index contributed by atoms with van der Waals surface area (Å²) >= 11 is 7.83. The lowest BCUT2D eigenvalue weighted by Crippen LogP contribution is -2.31. The second-order valence-corrected chi connectivity index (χ2v) is 10.7. The summed E-state index contributed by atoms with van der Waals surface area (Å²) in [6.07, 6.45) is 6.23. The van der Waals surface area contributed by atoms with Gasteiger partial charge in [0, 0.05) is 28.2 Å². The van der Waals surface area contributed by atoms with E-state index in [1.54, 1.807) is 0 Å². The Bertz CT molecular complexity index is 688. The Balaban J connectivity index is 1.52. The van der Waals surface area contributed by atoms with Crippen molar-refractivity contribution >= 4 is 31.9 Å². The first-order valence-corrected chi connectivity index (χ1v) is 12.5. The Hall–Kier alpha value is -0.640. The molecule has 0 radical (unpaired) electrons. The van der Waals surface area contributed by atoms with Crippen LogP contribution in [0.4, 0.5) is 0 Å². The minimum absolute atomic E-state index is 0.570. The van der Waals surface area contributed by atoms with Gasteiger partial charge >= 0.3 is 0 Å². The predicted molar refractivity (Wildman–Crippen MR) is 129 cm³/mol. The normalized spacial score (nSPS) is 22.7. The van der Waals surface area contributed by atoms with Gasteiger partial charge in [0.25, 0.3) is 0 Å². The second kappa shape index (κ2) is 10.9. The molecule has 2 unspecified atom stereocenters. The summed E-state index contributed by atoms with van der Waals surface area (Å²) in [5.41, 5.74) is 4.34. The van der Waals surface area contributed by atoms with E-state index in [0.29, 0.717) is 21.6 Å². The number of benzene rings is 2.